The number of hydrogen-bond donors (Lipinski definition) is 2. The molecule has 0 saturated heterocycles. The van der Waals surface area contributed by atoms with Crippen LogP contribution in [-0.4, -0.2) is 22.6 Å². The van der Waals surface area contributed by atoms with Crippen molar-refractivity contribution in [3.63, 3.8) is 0 Å². The summed E-state index contributed by atoms with van der Waals surface area (Å²) in [5.74, 6) is 2.55. The summed E-state index contributed by atoms with van der Waals surface area (Å²) in [5.41, 5.74) is 2.60. The van der Waals surface area contributed by atoms with Gasteiger partial charge in [-0.05, 0) is 37.3 Å². The summed E-state index contributed by atoms with van der Waals surface area (Å²) in [7, 11) is 0. The van der Waals surface area contributed by atoms with Crippen molar-refractivity contribution in [2.75, 3.05) is 6.54 Å². The van der Waals surface area contributed by atoms with E-state index in [-0.39, 0.29) is 30.0 Å². The highest BCUT2D eigenvalue weighted by Gasteiger charge is 2.09. The molecule has 144 valence electrons. The fraction of sp³-hybridized carbons (Fsp3) is 0.526. The molecule has 0 fully saturated rings. The molecule has 2 aromatic rings. The normalized spacial score (nSPS) is 12.6. The van der Waals surface area contributed by atoms with Crippen LogP contribution in [0.25, 0.3) is 0 Å². The quantitative estimate of drug-likeness (QED) is 0.363. The van der Waals surface area contributed by atoms with Gasteiger partial charge in [0.05, 0.1) is 6.04 Å². The van der Waals surface area contributed by atoms with E-state index in [0.717, 1.165) is 18.9 Å². The van der Waals surface area contributed by atoms with Crippen LogP contribution in [0, 0.1) is 12.8 Å². The lowest BCUT2D eigenvalue weighted by Crippen LogP contribution is -2.38. The van der Waals surface area contributed by atoms with Crippen molar-refractivity contribution in [1.82, 2.24) is 20.8 Å². The molecule has 0 aliphatic heterocycles. The van der Waals surface area contributed by atoms with Gasteiger partial charge >= 0.3 is 0 Å². The van der Waals surface area contributed by atoms with E-state index in [2.05, 4.69) is 70.8 Å². The van der Waals surface area contributed by atoms with Crippen LogP contribution in [-0.2, 0) is 13.0 Å². The van der Waals surface area contributed by atoms with Gasteiger partial charge in [-0.3, -0.25) is 0 Å². The van der Waals surface area contributed by atoms with Crippen LogP contribution in [0.4, 0.5) is 0 Å². The summed E-state index contributed by atoms with van der Waals surface area (Å²) in [6.07, 6.45) is 1.11. The topological polar surface area (TPSA) is 75.3 Å². The Morgan fingerprint density at radius 2 is 1.88 bits per heavy atom. The van der Waals surface area contributed by atoms with Crippen molar-refractivity contribution >= 4 is 29.9 Å². The molecule has 0 saturated carbocycles. The van der Waals surface area contributed by atoms with Crippen molar-refractivity contribution in [3.8, 4) is 0 Å². The lowest BCUT2D eigenvalue weighted by molar-refractivity contribution is 0.387. The van der Waals surface area contributed by atoms with Gasteiger partial charge in [-0.15, -0.1) is 24.0 Å². The molecule has 7 heteroatoms. The van der Waals surface area contributed by atoms with Crippen molar-refractivity contribution in [1.29, 1.82) is 0 Å². The molecule has 1 unspecified atom stereocenters. The second-order valence-electron chi connectivity index (χ2n) is 6.63. The fourth-order valence-electron chi connectivity index (χ4n) is 2.58. The minimum absolute atomic E-state index is 0. The summed E-state index contributed by atoms with van der Waals surface area (Å²) in [6.45, 7) is 11.6. The highest BCUT2D eigenvalue weighted by atomic mass is 127. The number of hydrogen-bond acceptors (Lipinski definition) is 4. The Bertz CT molecular complexity index is 681. The van der Waals surface area contributed by atoms with E-state index in [1.807, 2.05) is 6.92 Å². The molecule has 0 spiro atoms. The maximum atomic E-state index is 4.97. The average molecular weight is 471 g/mol. The van der Waals surface area contributed by atoms with Crippen LogP contribution < -0.4 is 10.6 Å². The molecule has 0 aliphatic rings. The van der Waals surface area contributed by atoms with Crippen LogP contribution in [0.2, 0.25) is 0 Å². The van der Waals surface area contributed by atoms with Crippen LogP contribution in [0.5, 0.6) is 0 Å². The number of rotatable bonds is 7. The van der Waals surface area contributed by atoms with Gasteiger partial charge in [-0.2, -0.15) is 4.98 Å². The Kier molecular flexibility index (Phi) is 9.61. The first-order chi connectivity index (χ1) is 12.0. The molecule has 26 heavy (non-hydrogen) atoms. The van der Waals surface area contributed by atoms with Gasteiger partial charge in [-0.25, -0.2) is 4.99 Å². The molecule has 2 N–H and O–H groups in total. The van der Waals surface area contributed by atoms with Crippen molar-refractivity contribution < 1.29 is 4.52 Å². The summed E-state index contributed by atoms with van der Waals surface area (Å²) in [4.78, 5) is 8.70. The van der Waals surface area contributed by atoms with E-state index in [0.29, 0.717) is 24.2 Å². The van der Waals surface area contributed by atoms with Gasteiger partial charge < -0.3 is 15.2 Å². The van der Waals surface area contributed by atoms with Gasteiger partial charge in [0.1, 0.15) is 6.54 Å². The maximum Gasteiger partial charge on any atom is 0.223 e. The van der Waals surface area contributed by atoms with Gasteiger partial charge in [0.25, 0.3) is 0 Å². The van der Waals surface area contributed by atoms with Crippen molar-refractivity contribution in [2.24, 2.45) is 10.9 Å². The lowest BCUT2D eigenvalue weighted by atomic mass is 10.00. The fourth-order valence-corrected chi connectivity index (χ4v) is 2.58. The Labute approximate surface area is 173 Å². The van der Waals surface area contributed by atoms with E-state index >= 15 is 0 Å². The molecular formula is C19H30IN5O. The van der Waals surface area contributed by atoms with Gasteiger partial charge in [0, 0.05) is 13.5 Å². The summed E-state index contributed by atoms with van der Waals surface area (Å²) < 4.78 is 4.97. The lowest BCUT2D eigenvalue weighted by Gasteiger charge is -2.18. The van der Waals surface area contributed by atoms with Crippen LogP contribution in [0.3, 0.4) is 0 Å². The predicted molar refractivity (Wildman–Crippen MR) is 116 cm³/mol. The molecule has 6 nitrogen and oxygen atoms in total. The van der Waals surface area contributed by atoms with Crippen LogP contribution >= 0.6 is 24.0 Å². The molecule has 0 aliphatic carbocycles. The number of aryl methyl sites for hydroxylation is 1. The Morgan fingerprint density at radius 1 is 1.19 bits per heavy atom. The smallest absolute Gasteiger partial charge is 0.223 e. The first-order valence-electron chi connectivity index (χ1n) is 8.90. The average Bonchev–Trinajstić information content (AvgIpc) is 2.98. The number of guanidine groups is 1. The molecule has 1 aromatic carbocycles. The molecule has 1 atom stereocenters. The number of nitrogens with one attached hydrogen (secondary N) is 2. The van der Waals surface area contributed by atoms with E-state index in [1.54, 1.807) is 6.92 Å². The SMILES string of the molecule is CCNC(=NCc1noc(C)n1)NC(C)c1ccc(CC(C)C)cc1.I. The molecule has 1 heterocycles. The molecular weight excluding hydrogens is 441 g/mol. The van der Waals surface area contributed by atoms with E-state index in [4.69, 9.17) is 4.52 Å². The standard InChI is InChI=1S/C19H29N5O.HI/c1-6-20-19(21-12-18-23-15(5)25-24-18)22-14(4)17-9-7-16(8-10-17)11-13(2)3;/h7-10,13-14H,6,11-12H2,1-5H3,(H2,20,21,22);1H. The van der Waals surface area contributed by atoms with E-state index in [9.17, 15) is 0 Å². The maximum absolute atomic E-state index is 4.97. The zero-order valence-corrected chi connectivity index (χ0v) is 18.6. The number of aliphatic imine (C=N–C) groups is 1. The second-order valence-corrected chi connectivity index (χ2v) is 6.63. The van der Waals surface area contributed by atoms with Crippen LogP contribution in [0.1, 0.15) is 56.6 Å². The highest BCUT2D eigenvalue weighted by Crippen LogP contribution is 2.15. The Hall–Kier alpha value is -1.64. The monoisotopic (exact) mass is 471 g/mol. The summed E-state index contributed by atoms with van der Waals surface area (Å²) >= 11 is 0. The highest BCUT2D eigenvalue weighted by molar-refractivity contribution is 14.0. The zero-order chi connectivity index (χ0) is 18.2. The van der Waals surface area contributed by atoms with Gasteiger partial charge in [-0.1, -0.05) is 43.3 Å². The van der Waals surface area contributed by atoms with Crippen LogP contribution in [0.15, 0.2) is 33.8 Å². The second kappa shape index (κ2) is 11.2. The molecule has 1 aromatic heterocycles. The Morgan fingerprint density at radius 3 is 2.42 bits per heavy atom. The molecule has 0 amide bonds. The number of halogens is 1. The number of aromatic nitrogens is 2. The largest absolute Gasteiger partial charge is 0.357 e. The minimum Gasteiger partial charge on any atom is -0.357 e. The predicted octanol–water partition coefficient (Wildman–Crippen LogP) is 4.01. The van der Waals surface area contributed by atoms with Gasteiger partial charge in [0.15, 0.2) is 11.8 Å². The third-order valence-corrected chi connectivity index (χ3v) is 3.77. The summed E-state index contributed by atoms with van der Waals surface area (Å²) in [5, 5.41) is 10.5. The minimum atomic E-state index is 0. The first kappa shape index (κ1) is 22.4. The van der Waals surface area contributed by atoms with E-state index < -0.39 is 0 Å². The van der Waals surface area contributed by atoms with E-state index in [1.165, 1.54) is 11.1 Å². The number of benzene rings is 1. The molecule has 0 radical (unpaired) electrons. The summed E-state index contributed by atoms with van der Waals surface area (Å²) in [6, 6.07) is 8.93. The zero-order valence-electron chi connectivity index (χ0n) is 16.2. The number of nitrogens with zero attached hydrogens (tertiary/aromatic N) is 3. The van der Waals surface area contributed by atoms with Crippen molar-refractivity contribution in [3.05, 3.63) is 47.1 Å². The molecule has 0 bridgehead atoms. The Balaban J connectivity index is 0.00000338. The first-order valence-corrected chi connectivity index (χ1v) is 8.90. The third-order valence-electron chi connectivity index (χ3n) is 3.77. The van der Waals surface area contributed by atoms with Gasteiger partial charge in [0.2, 0.25) is 5.89 Å². The van der Waals surface area contributed by atoms with Crippen molar-refractivity contribution in [2.45, 2.75) is 53.6 Å². The third kappa shape index (κ3) is 7.31. The molecule has 2 rings (SSSR count).